The summed E-state index contributed by atoms with van der Waals surface area (Å²) in [6, 6.07) is 21.5. The Labute approximate surface area is 106 Å². The smallest absolute Gasteiger partial charge is 0.135 e. The molecule has 0 aliphatic rings. The van der Waals surface area contributed by atoms with Crippen molar-refractivity contribution in [2.75, 3.05) is 5.73 Å². The summed E-state index contributed by atoms with van der Waals surface area (Å²) in [5, 5.41) is 2.05. The highest BCUT2D eigenvalue weighted by atomic mass is 16.5. The minimum Gasteiger partial charge on any atom is -0.457 e. The summed E-state index contributed by atoms with van der Waals surface area (Å²) < 4.78 is 5.89. The van der Waals surface area contributed by atoms with Gasteiger partial charge in [-0.1, -0.05) is 42.5 Å². The number of nitrogen functional groups attached to an aromatic ring is 1. The maximum absolute atomic E-state index is 5.96. The van der Waals surface area contributed by atoms with Gasteiger partial charge in [0, 0.05) is 16.5 Å². The van der Waals surface area contributed by atoms with Gasteiger partial charge in [0.2, 0.25) is 0 Å². The number of nitrogens with two attached hydrogens (primary N) is 1. The third-order valence-electron chi connectivity index (χ3n) is 2.89. The molecule has 0 fully saturated rings. The van der Waals surface area contributed by atoms with Crippen molar-refractivity contribution in [1.82, 2.24) is 0 Å². The molecule has 0 heterocycles. The second-order valence-corrected chi connectivity index (χ2v) is 4.11. The Kier molecular flexibility index (Phi) is 2.61. The van der Waals surface area contributed by atoms with Gasteiger partial charge in [0.1, 0.15) is 11.5 Å². The largest absolute Gasteiger partial charge is 0.457 e. The Morgan fingerprint density at radius 3 is 2.22 bits per heavy atom. The van der Waals surface area contributed by atoms with E-state index in [-0.39, 0.29) is 0 Å². The van der Waals surface area contributed by atoms with Crippen molar-refractivity contribution in [3.63, 3.8) is 0 Å². The third-order valence-corrected chi connectivity index (χ3v) is 2.89. The van der Waals surface area contributed by atoms with E-state index in [1.54, 1.807) is 0 Å². The molecule has 0 bridgehead atoms. The van der Waals surface area contributed by atoms with E-state index in [2.05, 4.69) is 0 Å². The number of hydrogen-bond donors (Lipinski definition) is 1. The molecule has 0 saturated heterocycles. The first-order valence-electron chi connectivity index (χ1n) is 5.85. The summed E-state index contributed by atoms with van der Waals surface area (Å²) in [4.78, 5) is 0. The van der Waals surface area contributed by atoms with Crippen LogP contribution in [0.3, 0.4) is 0 Å². The molecule has 0 aromatic heterocycles. The van der Waals surface area contributed by atoms with Crippen LogP contribution in [0.4, 0.5) is 5.69 Å². The number of anilines is 1. The molecular weight excluding hydrogens is 222 g/mol. The van der Waals surface area contributed by atoms with Gasteiger partial charge in [0.05, 0.1) is 0 Å². The average molecular weight is 235 g/mol. The Morgan fingerprint density at radius 2 is 1.39 bits per heavy atom. The van der Waals surface area contributed by atoms with Crippen LogP contribution in [0.2, 0.25) is 0 Å². The lowest BCUT2D eigenvalue weighted by Crippen LogP contribution is -1.89. The Hall–Kier alpha value is -2.48. The van der Waals surface area contributed by atoms with E-state index in [0.717, 1.165) is 28.0 Å². The Bertz CT molecular complexity index is 677. The van der Waals surface area contributed by atoms with Crippen LogP contribution in [0, 0.1) is 0 Å². The summed E-state index contributed by atoms with van der Waals surface area (Å²) in [6.45, 7) is 0. The first-order valence-corrected chi connectivity index (χ1v) is 5.85. The second kappa shape index (κ2) is 4.41. The van der Waals surface area contributed by atoms with Crippen molar-refractivity contribution in [3.8, 4) is 11.5 Å². The third kappa shape index (κ3) is 1.89. The lowest BCUT2D eigenvalue weighted by atomic mass is 10.1. The number of benzene rings is 3. The number of hydrogen-bond acceptors (Lipinski definition) is 2. The van der Waals surface area contributed by atoms with E-state index in [1.165, 1.54) is 0 Å². The van der Waals surface area contributed by atoms with Crippen molar-refractivity contribution in [1.29, 1.82) is 0 Å². The zero-order valence-corrected chi connectivity index (χ0v) is 9.84. The quantitative estimate of drug-likeness (QED) is 0.675. The van der Waals surface area contributed by atoms with Crippen LogP contribution in [-0.4, -0.2) is 0 Å². The molecule has 2 nitrogen and oxygen atoms in total. The van der Waals surface area contributed by atoms with Crippen molar-refractivity contribution >= 4 is 16.5 Å². The van der Waals surface area contributed by atoms with Gasteiger partial charge in [0.15, 0.2) is 0 Å². The van der Waals surface area contributed by atoms with Crippen molar-refractivity contribution in [2.24, 2.45) is 0 Å². The average Bonchev–Trinajstić information content (AvgIpc) is 2.41. The minimum absolute atomic E-state index is 0.769. The molecule has 2 N–H and O–H groups in total. The fourth-order valence-corrected chi connectivity index (χ4v) is 2.01. The van der Waals surface area contributed by atoms with Crippen molar-refractivity contribution in [2.45, 2.75) is 0 Å². The normalized spacial score (nSPS) is 10.4. The predicted molar refractivity (Wildman–Crippen MR) is 74.9 cm³/mol. The van der Waals surface area contributed by atoms with Crippen molar-refractivity contribution in [3.05, 3.63) is 66.7 Å². The lowest BCUT2D eigenvalue weighted by molar-refractivity contribution is 0.488. The van der Waals surface area contributed by atoms with E-state index in [9.17, 15) is 0 Å². The highest BCUT2D eigenvalue weighted by molar-refractivity contribution is 5.96. The molecule has 0 amide bonds. The van der Waals surface area contributed by atoms with Crippen LogP contribution in [0.25, 0.3) is 10.8 Å². The van der Waals surface area contributed by atoms with Crippen LogP contribution >= 0.6 is 0 Å². The van der Waals surface area contributed by atoms with E-state index in [1.807, 2.05) is 66.7 Å². The second-order valence-electron chi connectivity index (χ2n) is 4.11. The molecule has 0 atom stereocenters. The monoisotopic (exact) mass is 235 g/mol. The fraction of sp³-hybridized carbons (Fsp3) is 0. The van der Waals surface area contributed by atoms with Crippen LogP contribution in [0.15, 0.2) is 66.7 Å². The van der Waals surface area contributed by atoms with E-state index < -0.39 is 0 Å². The van der Waals surface area contributed by atoms with Gasteiger partial charge in [-0.25, -0.2) is 0 Å². The van der Waals surface area contributed by atoms with Crippen LogP contribution < -0.4 is 10.5 Å². The van der Waals surface area contributed by atoms with Gasteiger partial charge in [-0.3, -0.25) is 0 Å². The maximum Gasteiger partial charge on any atom is 0.135 e. The van der Waals surface area contributed by atoms with E-state index >= 15 is 0 Å². The molecule has 0 unspecified atom stereocenters. The van der Waals surface area contributed by atoms with E-state index in [0.29, 0.717) is 0 Å². The topological polar surface area (TPSA) is 35.2 Å². The number of para-hydroxylation sites is 1. The zero-order chi connectivity index (χ0) is 12.4. The Morgan fingerprint density at radius 1 is 0.667 bits per heavy atom. The minimum atomic E-state index is 0.769. The first-order chi connectivity index (χ1) is 8.84. The zero-order valence-electron chi connectivity index (χ0n) is 9.84. The van der Waals surface area contributed by atoms with Gasteiger partial charge in [-0.2, -0.15) is 0 Å². The summed E-state index contributed by atoms with van der Waals surface area (Å²) in [5.74, 6) is 1.65. The van der Waals surface area contributed by atoms with Gasteiger partial charge in [0.25, 0.3) is 0 Å². The number of rotatable bonds is 2. The molecule has 3 rings (SSSR count). The van der Waals surface area contributed by atoms with Crippen LogP contribution in [-0.2, 0) is 0 Å². The summed E-state index contributed by atoms with van der Waals surface area (Å²) in [5.41, 5.74) is 6.73. The lowest BCUT2D eigenvalue weighted by Gasteiger charge is -2.09. The standard InChI is InChI=1S/C16H13NO/c17-15-10-4-9-14-13(15)8-5-11-16(14)18-12-6-2-1-3-7-12/h1-11H,17H2. The molecule has 18 heavy (non-hydrogen) atoms. The van der Waals surface area contributed by atoms with E-state index in [4.69, 9.17) is 10.5 Å². The summed E-state index contributed by atoms with van der Waals surface area (Å²) in [6.07, 6.45) is 0. The Balaban J connectivity index is 2.10. The number of fused-ring (bicyclic) bond motifs is 1. The molecule has 0 saturated carbocycles. The molecule has 3 aromatic carbocycles. The van der Waals surface area contributed by atoms with Gasteiger partial charge in [-0.15, -0.1) is 0 Å². The molecule has 0 spiro atoms. The molecule has 2 heteroatoms. The highest BCUT2D eigenvalue weighted by Crippen LogP contribution is 2.32. The molecule has 88 valence electrons. The molecular formula is C16H13NO. The predicted octanol–water partition coefficient (Wildman–Crippen LogP) is 4.21. The maximum atomic E-state index is 5.96. The summed E-state index contributed by atoms with van der Waals surface area (Å²) >= 11 is 0. The van der Waals surface area contributed by atoms with Gasteiger partial charge < -0.3 is 10.5 Å². The van der Waals surface area contributed by atoms with Crippen LogP contribution in [0.1, 0.15) is 0 Å². The molecule has 0 aliphatic carbocycles. The first kappa shape index (κ1) is 10.7. The van der Waals surface area contributed by atoms with Crippen molar-refractivity contribution < 1.29 is 4.74 Å². The molecule has 0 aliphatic heterocycles. The SMILES string of the molecule is Nc1cccc2c(Oc3ccccc3)cccc12. The van der Waals surface area contributed by atoms with Gasteiger partial charge >= 0.3 is 0 Å². The highest BCUT2D eigenvalue weighted by Gasteiger charge is 2.04. The van der Waals surface area contributed by atoms with Crippen LogP contribution in [0.5, 0.6) is 11.5 Å². The number of ether oxygens (including phenoxy) is 1. The molecule has 3 aromatic rings. The van der Waals surface area contributed by atoms with Gasteiger partial charge in [-0.05, 0) is 24.3 Å². The molecule has 0 radical (unpaired) electrons. The summed E-state index contributed by atoms with van der Waals surface area (Å²) in [7, 11) is 0. The fourth-order valence-electron chi connectivity index (χ4n) is 2.01.